The normalized spacial score (nSPS) is 20.5. The molecule has 162 valence electrons. The van der Waals surface area contributed by atoms with Gasteiger partial charge in [0.2, 0.25) is 11.5 Å². The molecule has 3 N–H and O–H groups in total. The molecule has 2 aliphatic rings. The summed E-state index contributed by atoms with van der Waals surface area (Å²) in [5.74, 6) is -5.91. The standard InChI is InChI=1S/C21H18F3N3O4/c22-14-3-4-15(23)18(24)13(14)10-25-19(29)21(31)7-8-27(20(21)30)12-2-5-16-11(9-12)1-6-17(28)26-16/h2-5,9,31H,1,6-8,10H2,(H,25,29)(H,26,28)/t21-/m0/s1. The molecule has 0 unspecified atom stereocenters. The number of rotatable bonds is 4. The molecule has 7 nitrogen and oxygen atoms in total. The summed E-state index contributed by atoms with van der Waals surface area (Å²) in [5, 5.41) is 15.5. The number of carbonyl (C=O) groups excluding carboxylic acids is 3. The molecule has 0 bridgehead atoms. The molecule has 31 heavy (non-hydrogen) atoms. The first-order valence-electron chi connectivity index (χ1n) is 9.58. The molecule has 2 aromatic carbocycles. The van der Waals surface area contributed by atoms with Gasteiger partial charge in [-0.3, -0.25) is 14.4 Å². The van der Waals surface area contributed by atoms with Crippen LogP contribution in [-0.4, -0.2) is 35.0 Å². The largest absolute Gasteiger partial charge is 0.372 e. The number of aliphatic hydroxyl groups is 1. The van der Waals surface area contributed by atoms with Crippen molar-refractivity contribution in [3.05, 3.63) is 58.9 Å². The van der Waals surface area contributed by atoms with Crippen LogP contribution in [0, 0.1) is 17.5 Å². The van der Waals surface area contributed by atoms with Gasteiger partial charge in [0.25, 0.3) is 11.8 Å². The number of aryl methyl sites for hydroxylation is 1. The SMILES string of the molecule is O=C1CCc2cc(N3CC[C@](O)(C(=O)NCc4c(F)ccc(F)c4F)C3=O)ccc2N1. The molecule has 1 atom stereocenters. The molecule has 1 fully saturated rings. The fourth-order valence-corrected chi connectivity index (χ4v) is 3.75. The Morgan fingerprint density at radius 3 is 2.65 bits per heavy atom. The minimum Gasteiger partial charge on any atom is -0.372 e. The molecule has 0 radical (unpaired) electrons. The van der Waals surface area contributed by atoms with Gasteiger partial charge in [0.05, 0.1) is 0 Å². The van der Waals surface area contributed by atoms with Crippen LogP contribution in [-0.2, 0) is 27.3 Å². The zero-order chi connectivity index (χ0) is 22.3. The molecule has 0 saturated carbocycles. The fourth-order valence-electron chi connectivity index (χ4n) is 3.75. The lowest BCUT2D eigenvalue weighted by Gasteiger charge is -2.24. The lowest BCUT2D eigenvalue weighted by molar-refractivity contribution is -0.149. The number of hydrogen-bond acceptors (Lipinski definition) is 4. The van der Waals surface area contributed by atoms with Crippen LogP contribution < -0.4 is 15.5 Å². The Morgan fingerprint density at radius 2 is 1.87 bits per heavy atom. The third-order valence-corrected chi connectivity index (χ3v) is 5.53. The first-order chi connectivity index (χ1) is 14.7. The topological polar surface area (TPSA) is 98.7 Å². The summed E-state index contributed by atoms with van der Waals surface area (Å²) in [5.41, 5.74) is -1.23. The Morgan fingerprint density at radius 1 is 1.13 bits per heavy atom. The van der Waals surface area contributed by atoms with E-state index in [2.05, 4.69) is 10.6 Å². The van der Waals surface area contributed by atoms with Crippen molar-refractivity contribution in [1.29, 1.82) is 0 Å². The minimum absolute atomic E-state index is 0.0383. The summed E-state index contributed by atoms with van der Waals surface area (Å²) < 4.78 is 40.8. The van der Waals surface area contributed by atoms with Crippen molar-refractivity contribution in [3.8, 4) is 0 Å². The average Bonchev–Trinajstić information content (AvgIpc) is 3.06. The summed E-state index contributed by atoms with van der Waals surface area (Å²) in [4.78, 5) is 38.1. The van der Waals surface area contributed by atoms with Crippen molar-refractivity contribution in [2.75, 3.05) is 16.8 Å². The van der Waals surface area contributed by atoms with Gasteiger partial charge in [0.1, 0.15) is 5.82 Å². The van der Waals surface area contributed by atoms with E-state index >= 15 is 0 Å². The Hall–Kier alpha value is -3.40. The van der Waals surface area contributed by atoms with E-state index < -0.39 is 47.0 Å². The summed E-state index contributed by atoms with van der Waals surface area (Å²) >= 11 is 0. The number of amides is 3. The second-order valence-corrected chi connectivity index (χ2v) is 7.46. The molecule has 0 spiro atoms. The monoisotopic (exact) mass is 433 g/mol. The third-order valence-electron chi connectivity index (χ3n) is 5.53. The van der Waals surface area contributed by atoms with Crippen molar-refractivity contribution in [2.45, 2.75) is 31.4 Å². The second kappa shape index (κ2) is 7.69. The van der Waals surface area contributed by atoms with Crippen molar-refractivity contribution < 1.29 is 32.7 Å². The highest BCUT2D eigenvalue weighted by atomic mass is 19.2. The summed E-state index contributed by atoms with van der Waals surface area (Å²) in [6.07, 6.45) is 0.566. The maximum absolute atomic E-state index is 13.8. The van der Waals surface area contributed by atoms with E-state index in [0.29, 0.717) is 30.3 Å². The molecule has 0 aromatic heterocycles. The van der Waals surface area contributed by atoms with E-state index in [1.54, 1.807) is 18.2 Å². The predicted octanol–water partition coefficient (Wildman–Crippen LogP) is 1.77. The molecule has 3 amide bonds. The van der Waals surface area contributed by atoms with Crippen LogP contribution in [0.2, 0.25) is 0 Å². The molecule has 2 heterocycles. The average molecular weight is 433 g/mol. The van der Waals surface area contributed by atoms with E-state index in [4.69, 9.17) is 0 Å². The predicted molar refractivity (Wildman–Crippen MR) is 103 cm³/mol. The van der Waals surface area contributed by atoms with Crippen molar-refractivity contribution >= 4 is 29.1 Å². The zero-order valence-corrected chi connectivity index (χ0v) is 16.2. The Labute approximate surface area is 174 Å². The van der Waals surface area contributed by atoms with Crippen LogP contribution >= 0.6 is 0 Å². The van der Waals surface area contributed by atoms with Gasteiger partial charge in [0, 0.05) is 42.9 Å². The summed E-state index contributed by atoms with van der Waals surface area (Å²) in [6, 6.07) is 6.26. The van der Waals surface area contributed by atoms with Gasteiger partial charge < -0.3 is 20.6 Å². The van der Waals surface area contributed by atoms with Crippen molar-refractivity contribution in [2.24, 2.45) is 0 Å². The van der Waals surface area contributed by atoms with Gasteiger partial charge >= 0.3 is 0 Å². The van der Waals surface area contributed by atoms with Crippen LogP contribution in [0.15, 0.2) is 30.3 Å². The van der Waals surface area contributed by atoms with Gasteiger partial charge in [-0.05, 0) is 42.3 Å². The lowest BCUT2D eigenvalue weighted by atomic mass is 10.0. The number of halogens is 3. The van der Waals surface area contributed by atoms with Crippen LogP contribution in [0.1, 0.15) is 24.0 Å². The molecule has 0 aliphatic carbocycles. The van der Waals surface area contributed by atoms with Gasteiger partial charge in [-0.25, -0.2) is 13.2 Å². The Balaban J connectivity index is 1.49. The zero-order valence-electron chi connectivity index (χ0n) is 16.2. The molecular weight excluding hydrogens is 415 g/mol. The summed E-state index contributed by atoms with van der Waals surface area (Å²) in [6.45, 7) is -0.695. The highest BCUT2D eigenvalue weighted by Crippen LogP contribution is 2.33. The maximum Gasteiger partial charge on any atom is 0.268 e. The lowest BCUT2D eigenvalue weighted by Crippen LogP contribution is -2.52. The molecule has 4 rings (SSSR count). The van der Waals surface area contributed by atoms with E-state index in [9.17, 15) is 32.7 Å². The van der Waals surface area contributed by atoms with Gasteiger partial charge in [-0.15, -0.1) is 0 Å². The van der Waals surface area contributed by atoms with Crippen molar-refractivity contribution in [1.82, 2.24) is 5.32 Å². The van der Waals surface area contributed by atoms with Gasteiger partial charge in [0.15, 0.2) is 11.6 Å². The Kier molecular flexibility index (Phi) is 5.18. The van der Waals surface area contributed by atoms with E-state index in [0.717, 1.165) is 11.6 Å². The quantitative estimate of drug-likeness (QED) is 0.506. The molecule has 1 saturated heterocycles. The number of nitrogens with one attached hydrogen (secondary N) is 2. The molecule has 2 aromatic rings. The number of fused-ring (bicyclic) bond motifs is 1. The number of anilines is 2. The van der Waals surface area contributed by atoms with Gasteiger partial charge in [-0.2, -0.15) is 0 Å². The van der Waals surface area contributed by atoms with E-state index in [1.807, 2.05) is 0 Å². The van der Waals surface area contributed by atoms with Gasteiger partial charge in [-0.1, -0.05) is 0 Å². The highest BCUT2D eigenvalue weighted by Gasteiger charge is 2.51. The number of benzene rings is 2. The van der Waals surface area contributed by atoms with Crippen LogP contribution in [0.3, 0.4) is 0 Å². The summed E-state index contributed by atoms with van der Waals surface area (Å²) in [7, 11) is 0. The number of nitrogens with zero attached hydrogens (tertiary/aromatic N) is 1. The van der Waals surface area contributed by atoms with Crippen LogP contribution in [0.25, 0.3) is 0 Å². The second-order valence-electron chi connectivity index (χ2n) is 7.46. The Bertz CT molecular complexity index is 1110. The number of carbonyl (C=O) groups is 3. The van der Waals surface area contributed by atoms with Crippen molar-refractivity contribution in [3.63, 3.8) is 0 Å². The number of hydrogen-bond donors (Lipinski definition) is 3. The highest BCUT2D eigenvalue weighted by molar-refractivity contribution is 6.16. The van der Waals surface area contributed by atoms with E-state index in [-0.39, 0.29) is 18.9 Å². The van der Waals surface area contributed by atoms with E-state index in [1.165, 1.54) is 4.90 Å². The molecule has 2 aliphatic heterocycles. The van der Waals surface area contributed by atoms with Crippen LogP contribution in [0.5, 0.6) is 0 Å². The fraction of sp³-hybridized carbons (Fsp3) is 0.286. The van der Waals surface area contributed by atoms with Crippen LogP contribution in [0.4, 0.5) is 24.5 Å². The molecular formula is C21H18F3N3O4. The molecule has 10 heteroatoms. The smallest absolute Gasteiger partial charge is 0.268 e. The maximum atomic E-state index is 13.8. The minimum atomic E-state index is -2.43. The first-order valence-corrected chi connectivity index (χ1v) is 9.58. The third kappa shape index (κ3) is 3.63. The first kappa shape index (κ1) is 20.9.